The summed E-state index contributed by atoms with van der Waals surface area (Å²) in [6.45, 7) is 8.54. The Morgan fingerprint density at radius 3 is 2.00 bits per heavy atom. The third-order valence-electron chi connectivity index (χ3n) is 4.99. The second-order valence-electron chi connectivity index (χ2n) is 6.20. The Bertz CT molecular complexity index is 796. The van der Waals surface area contributed by atoms with Crippen LogP contribution >= 0.6 is 0 Å². The second kappa shape index (κ2) is 6.27. The van der Waals surface area contributed by atoms with Crippen molar-refractivity contribution in [3.63, 3.8) is 0 Å². The van der Waals surface area contributed by atoms with Crippen molar-refractivity contribution >= 4 is 22.7 Å². The Labute approximate surface area is 144 Å². The van der Waals surface area contributed by atoms with Gasteiger partial charge in [-0.05, 0) is 48.9 Å². The molecule has 0 amide bonds. The summed E-state index contributed by atoms with van der Waals surface area (Å²) in [5.74, 6) is 1.71. The zero-order valence-electron chi connectivity index (χ0n) is 15.0. The zero-order valence-corrected chi connectivity index (χ0v) is 15.0. The standard InChI is InChI=1S/C20H27N3O/c1-5-11-12(6-2)18-20(14(8-4)17(11)22)24-19-13(7-3)15(21)9-10-16(19)23-18/h9-10,23H,5-8,21-22H2,1-4H3. The molecule has 128 valence electrons. The van der Waals surface area contributed by atoms with Crippen molar-refractivity contribution in [2.24, 2.45) is 0 Å². The molecule has 1 heterocycles. The van der Waals surface area contributed by atoms with E-state index >= 15 is 0 Å². The minimum Gasteiger partial charge on any atom is -0.452 e. The van der Waals surface area contributed by atoms with Crippen LogP contribution in [0.4, 0.5) is 22.7 Å². The molecule has 0 bridgehead atoms. The first-order chi connectivity index (χ1) is 11.6. The lowest BCUT2D eigenvalue weighted by atomic mass is 9.92. The predicted molar refractivity (Wildman–Crippen MR) is 103 cm³/mol. The highest BCUT2D eigenvalue weighted by atomic mass is 16.5. The van der Waals surface area contributed by atoms with Crippen LogP contribution in [0.5, 0.6) is 11.5 Å². The first-order valence-electron chi connectivity index (χ1n) is 8.89. The molecule has 0 atom stereocenters. The molecule has 0 saturated carbocycles. The minimum absolute atomic E-state index is 0.772. The van der Waals surface area contributed by atoms with Gasteiger partial charge in [0.15, 0.2) is 11.5 Å². The summed E-state index contributed by atoms with van der Waals surface area (Å²) in [6.07, 6.45) is 3.51. The Morgan fingerprint density at radius 2 is 1.42 bits per heavy atom. The highest BCUT2D eigenvalue weighted by molar-refractivity contribution is 5.86. The number of nitrogens with one attached hydrogen (secondary N) is 1. The fourth-order valence-electron chi connectivity index (χ4n) is 3.76. The maximum atomic E-state index is 6.49. The number of hydrogen-bond acceptors (Lipinski definition) is 4. The van der Waals surface area contributed by atoms with Crippen molar-refractivity contribution < 1.29 is 4.74 Å². The Balaban J connectivity index is 2.28. The molecule has 0 spiro atoms. The van der Waals surface area contributed by atoms with E-state index in [1.165, 1.54) is 11.1 Å². The van der Waals surface area contributed by atoms with Crippen LogP contribution < -0.4 is 21.5 Å². The van der Waals surface area contributed by atoms with Crippen molar-refractivity contribution in [1.82, 2.24) is 0 Å². The molecular weight excluding hydrogens is 298 g/mol. The molecule has 2 aromatic rings. The third kappa shape index (κ3) is 2.29. The molecule has 0 saturated heterocycles. The second-order valence-corrected chi connectivity index (χ2v) is 6.20. The lowest BCUT2D eigenvalue weighted by Crippen LogP contribution is -2.14. The summed E-state index contributed by atoms with van der Waals surface area (Å²) in [4.78, 5) is 0. The summed E-state index contributed by atoms with van der Waals surface area (Å²) in [6, 6.07) is 3.95. The number of hydrogen-bond donors (Lipinski definition) is 3. The number of fused-ring (bicyclic) bond motifs is 2. The smallest absolute Gasteiger partial charge is 0.156 e. The van der Waals surface area contributed by atoms with E-state index in [1.807, 2.05) is 12.1 Å². The molecule has 24 heavy (non-hydrogen) atoms. The van der Waals surface area contributed by atoms with Crippen molar-refractivity contribution in [3.05, 3.63) is 34.4 Å². The summed E-state index contributed by atoms with van der Waals surface area (Å²) < 4.78 is 6.40. The van der Waals surface area contributed by atoms with Gasteiger partial charge in [0.2, 0.25) is 0 Å². The van der Waals surface area contributed by atoms with Gasteiger partial charge in [0.1, 0.15) is 0 Å². The van der Waals surface area contributed by atoms with E-state index in [0.29, 0.717) is 0 Å². The van der Waals surface area contributed by atoms with Gasteiger partial charge in [0.25, 0.3) is 0 Å². The molecule has 0 fully saturated rings. The van der Waals surface area contributed by atoms with Crippen molar-refractivity contribution in [1.29, 1.82) is 0 Å². The maximum absolute atomic E-state index is 6.49. The first kappa shape index (κ1) is 16.5. The molecule has 0 aliphatic carbocycles. The molecule has 2 aromatic carbocycles. The van der Waals surface area contributed by atoms with Crippen LogP contribution in [0.25, 0.3) is 0 Å². The number of ether oxygens (including phenoxy) is 1. The lowest BCUT2D eigenvalue weighted by Gasteiger charge is -2.30. The number of nitrogen functional groups attached to an aromatic ring is 2. The summed E-state index contributed by atoms with van der Waals surface area (Å²) in [5, 5.41) is 3.60. The Morgan fingerprint density at radius 1 is 0.792 bits per heavy atom. The van der Waals surface area contributed by atoms with Crippen LogP contribution in [-0.4, -0.2) is 0 Å². The molecule has 4 heteroatoms. The topological polar surface area (TPSA) is 73.3 Å². The van der Waals surface area contributed by atoms with Gasteiger partial charge in [-0.15, -0.1) is 0 Å². The van der Waals surface area contributed by atoms with Crippen molar-refractivity contribution in [2.75, 3.05) is 16.8 Å². The van der Waals surface area contributed by atoms with Crippen LogP contribution in [0.2, 0.25) is 0 Å². The molecule has 0 aromatic heterocycles. The average Bonchev–Trinajstić information content (AvgIpc) is 2.59. The van der Waals surface area contributed by atoms with E-state index in [4.69, 9.17) is 16.2 Å². The monoisotopic (exact) mass is 325 g/mol. The van der Waals surface area contributed by atoms with Crippen LogP contribution in [0.3, 0.4) is 0 Å². The lowest BCUT2D eigenvalue weighted by molar-refractivity contribution is 0.469. The molecule has 0 unspecified atom stereocenters. The number of nitrogens with two attached hydrogens (primary N) is 2. The van der Waals surface area contributed by atoms with E-state index < -0.39 is 0 Å². The fourth-order valence-corrected chi connectivity index (χ4v) is 3.76. The fraction of sp³-hybridized carbons (Fsp3) is 0.400. The van der Waals surface area contributed by atoms with Gasteiger partial charge in [-0.3, -0.25) is 0 Å². The zero-order chi connectivity index (χ0) is 17.4. The van der Waals surface area contributed by atoms with Crippen LogP contribution in [0, 0.1) is 0 Å². The first-order valence-corrected chi connectivity index (χ1v) is 8.89. The molecule has 1 aliphatic rings. The minimum atomic E-state index is 0.772. The summed E-state index contributed by atoms with van der Waals surface area (Å²) in [7, 11) is 0. The summed E-state index contributed by atoms with van der Waals surface area (Å²) >= 11 is 0. The highest BCUT2D eigenvalue weighted by Gasteiger charge is 2.28. The van der Waals surface area contributed by atoms with Crippen molar-refractivity contribution in [2.45, 2.75) is 53.4 Å². The highest BCUT2D eigenvalue weighted by Crippen LogP contribution is 2.51. The van der Waals surface area contributed by atoms with E-state index in [1.54, 1.807) is 0 Å². The average molecular weight is 325 g/mol. The van der Waals surface area contributed by atoms with E-state index in [-0.39, 0.29) is 0 Å². The van der Waals surface area contributed by atoms with Gasteiger partial charge >= 0.3 is 0 Å². The number of benzene rings is 2. The van der Waals surface area contributed by atoms with Gasteiger partial charge in [0, 0.05) is 22.5 Å². The molecule has 1 aliphatic heterocycles. The Kier molecular flexibility index (Phi) is 4.31. The molecule has 3 rings (SSSR count). The normalized spacial score (nSPS) is 12.2. The van der Waals surface area contributed by atoms with E-state index in [2.05, 4.69) is 33.0 Å². The summed E-state index contributed by atoms with van der Waals surface area (Å²) in [5.41, 5.74) is 21.0. The molecule has 0 radical (unpaired) electrons. The third-order valence-corrected chi connectivity index (χ3v) is 4.99. The SMILES string of the molecule is CCc1c(N)c(CC)c2c(c1CC)Nc1ccc(N)c(CC)c1O2. The number of anilines is 4. The Hall–Kier alpha value is -2.36. The quantitative estimate of drug-likeness (QED) is 0.593. The van der Waals surface area contributed by atoms with Gasteiger partial charge < -0.3 is 21.5 Å². The van der Waals surface area contributed by atoms with Crippen LogP contribution in [0.1, 0.15) is 49.9 Å². The van der Waals surface area contributed by atoms with Crippen LogP contribution in [0.15, 0.2) is 12.1 Å². The van der Waals surface area contributed by atoms with Gasteiger partial charge in [-0.25, -0.2) is 0 Å². The van der Waals surface area contributed by atoms with Gasteiger partial charge in [-0.2, -0.15) is 0 Å². The van der Waals surface area contributed by atoms with Gasteiger partial charge in [-0.1, -0.05) is 27.7 Å². The molecule has 5 N–H and O–H groups in total. The van der Waals surface area contributed by atoms with E-state index in [0.717, 1.165) is 71.1 Å². The van der Waals surface area contributed by atoms with Gasteiger partial charge in [0.05, 0.1) is 11.4 Å². The van der Waals surface area contributed by atoms with Crippen molar-refractivity contribution in [3.8, 4) is 11.5 Å². The molecule has 4 nitrogen and oxygen atoms in total. The largest absolute Gasteiger partial charge is 0.452 e. The van der Waals surface area contributed by atoms with E-state index in [9.17, 15) is 0 Å². The number of rotatable bonds is 4. The van der Waals surface area contributed by atoms with Crippen LogP contribution in [-0.2, 0) is 25.7 Å². The molecular formula is C20H27N3O. The maximum Gasteiger partial charge on any atom is 0.156 e. The predicted octanol–water partition coefficient (Wildman–Crippen LogP) is 4.95.